The highest BCUT2D eigenvalue weighted by Gasteiger charge is 2.16. The van der Waals surface area contributed by atoms with Gasteiger partial charge >= 0.3 is 5.97 Å². The van der Waals surface area contributed by atoms with Crippen LogP contribution in [0.2, 0.25) is 0 Å². The fraction of sp³-hybridized carbons (Fsp3) is 0.235. The van der Waals surface area contributed by atoms with E-state index < -0.39 is 0 Å². The Kier molecular flexibility index (Phi) is 2.97. The van der Waals surface area contributed by atoms with E-state index in [-0.39, 0.29) is 5.97 Å². The van der Waals surface area contributed by atoms with E-state index in [1.54, 1.807) is 0 Å². The SMILES string of the molecule is CCOC(=O)c1ccc2c(c1C)c1ccccc1n2C. The van der Waals surface area contributed by atoms with Crippen LogP contribution >= 0.6 is 0 Å². The Balaban J connectivity index is 2.37. The number of aromatic nitrogens is 1. The topological polar surface area (TPSA) is 31.2 Å². The molecule has 0 aliphatic heterocycles. The monoisotopic (exact) mass is 267 g/mol. The van der Waals surface area contributed by atoms with E-state index in [9.17, 15) is 4.79 Å². The Labute approximate surface area is 117 Å². The van der Waals surface area contributed by atoms with Crippen molar-refractivity contribution in [2.45, 2.75) is 13.8 Å². The normalized spacial score (nSPS) is 11.2. The molecule has 0 atom stereocenters. The number of benzene rings is 2. The third-order valence-corrected chi connectivity index (χ3v) is 3.83. The minimum Gasteiger partial charge on any atom is -0.462 e. The lowest BCUT2D eigenvalue weighted by Gasteiger charge is -2.07. The predicted octanol–water partition coefficient (Wildman–Crippen LogP) is 3.82. The summed E-state index contributed by atoms with van der Waals surface area (Å²) in [7, 11) is 2.05. The summed E-state index contributed by atoms with van der Waals surface area (Å²) in [6, 6.07) is 12.1. The van der Waals surface area contributed by atoms with Crippen LogP contribution in [0, 0.1) is 6.92 Å². The van der Waals surface area contributed by atoms with Crippen LogP contribution in [0.4, 0.5) is 0 Å². The van der Waals surface area contributed by atoms with Crippen molar-refractivity contribution in [3.63, 3.8) is 0 Å². The number of hydrogen-bond acceptors (Lipinski definition) is 2. The van der Waals surface area contributed by atoms with Crippen LogP contribution in [-0.4, -0.2) is 17.1 Å². The van der Waals surface area contributed by atoms with E-state index in [2.05, 4.69) is 16.7 Å². The van der Waals surface area contributed by atoms with Crippen LogP contribution in [0.1, 0.15) is 22.8 Å². The van der Waals surface area contributed by atoms with Gasteiger partial charge in [-0.1, -0.05) is 18.2 Å². The maximum absolute atomic E-state index is 12.0. The Morgan fingerprint density at radius 2 is 1.90 bits per heavy atom. The zero-order valence-electron chi connectivity index (χ0n) is 11.9. The van der Waals surface area contributed by atoms with Crippen LogP contribution in [0.25, 0.3) is 21.8 Å². The van der Waals surface area contributed by atoms with Gasteiger partial charge in [0.25, 0.3) is 0 Å². The Morgan fingerprint density at radius 1 is 1.15 bits per heavy atom. The summed E-state index contributed by atoms with van der Waals surface area (Å²) in [5, 5.41) is 2.31. The molecule has 2 aromatic carbocycles. The molecular weight excluding hydrogens is 250 g/mol. The molecule has 102 valence electrons. The molecule has 0 radical (unpaired) electrons. The maximum Gasteiger partial charge on any atom is 0.338 e. The molecule has 1 aromatic heterocycles. The molecule has 3 aromatic rings. The van der Waals surface area contributed by atoms with Gasteiger partial charge in [-0.3, -0.25) is 0 Å². The summed E-state index contributed by atoms with van der Waals surface area (Å²) in [5.74, 6) is -0.250. The maximum atomic E-state index is 12.0. The van der Waals surface area contributed by atoms with Gasteiger partial charge in [-0.2, -0.15) is 0 Å². The van der Waals surface area contributed by atoms with E-state index >= 15 is 0 Å². The highest BCUT2D eigenvalue weighted by molar-refractivity contribution is 6.12. The van der Waals surface area contributed by atoms with Crippen molar-refractivity contribution >= 4 is 27.8 Å². The molecule has 1 heterocycles. The molecule has 0 saturated heterocycles. The molecule has 0 aliphatic carbocycles. The van der Waals surface area contributed by atoms with Crippen LogP contribution in [0.3, 0.4) is 0 Å². The second-order valence-electron chi connectivity index (χ2n) is 4.93. The fourth-order valence-electron chi connectivity index (χ4n) is 2.85. The molecule has 0 N–H and O–H groups in total. The van der Waals surface area contributed by atoms with E-state index in [1.807, 2.05) is 45.2 Å². The van der Waals surface area contributed by atoms with Crippen LogP contribution in [0.15, 0.2) is 36.4 Å². The summed E-state index contributed by atoms with van der Waals surface area (Å²) in [4.78, 5) is 12.0. The zero-order chi connectivity index (χ0) is 14.3. The summed E-state index contributed by atoms with van der Waals surface area (Å²) in [5.41, 5.74) is 3.94. The zero-order valence-corrected chi connectivity index (χ0v) is 11.9. The van der Waals surface area contributed by atoms with Gasteiger partial charge in [0.05, 0.1) is 12.2 Å². The van der Waals surface area contributed by atoms with Crippen LogP contribution < -0.4 is 0 Å². The molecule has 0 spiro atoms. The molecule has 0 fully saturated rings. The van der Waals surface area contributed by atoms with Crippen molar-refractivity contribution < 1.29 is 9.53 Å². The van der Waals surface area contributed by atoms with Gasteiger partial charge in [-0.15, -0.1) is 0 Å². The highest BCUT2D eigenvalue weighted by atomic mass is 16.5. The highest BCUT2D eigenvalue weighted by Crippen LogP contribution is 2.32. The standard InChI is InChI=1S/C17H17NO2/c1-4-20-17(19)12-9-10-15-16(11(12)2)13-7-5-6-8-14(13)18(15)3/h5-10H,4H2,1-3H3. The first kappa shape index (κ1) is 12.7. The first-order valence-electron chi connectivity index (χ1n) is 6.79. The van der Waals surface area contributed by atoms with Gasteiger partial charge < -0.3 is 9.30 Å². The number of carbonyl (C=O) groups excluding carboxylic acids is 1. The van der Waals surface area contributed by atoms with Crippen molar-refractivity contribution in [1.29, 1.82) is 0 Å². The largest absolute Gasteiger partial charge is 0.462 e. The summed E-state index contributed by atoms with van der Waals surface area (Å²) >= 11 is 0. The molecule has 3 rings (SSSR count). The Bertz CT molecular complexity index is 815. The van der Waals surface area contributed by atoms with Crippen molar-refractivity contribution in [3.05, 3.63) is 47.5 Å². The minimum absolute atomic E-state index is 0.250. The number of carbonyl (C=O) groups is 1. The lowest BCUT2D eigenvalue weighted by atomic mass is 10.0. The number of nitrogens with zero attached hydrogens (tertiary/aromatic N) is 1. The second kappa shape index (κ2) is 4.67. The first-order valence-corrected chi connectivity index (χ1v) is 6.79. The van der Waals surface area contributed by atoms with Crippen molar-refractivity contribution in [3.8, 4) is 0 Å². The Hall–Kier alpha value is -2.29. The van der Waals surface area contributed by atoms with Crippen LogP contribution in [-0.2, 0) is 11.8 Å². The smallest absolute Gasteiger partial charge is 0.338 e. The number of para-hydroxylation sites is 1. The van der Waals surface area contributed by atoms with Gasteiger partial charge in [-0.05, 0) is 37.6 Å². The van der Waals surface area contributed by atoms with E-state index in [0.717, 1.165) is 16.5 Å². The average molecular weight is 267 g/mol. The van der Waals surface area contributed by atoms with Gasteiger partial charge in [0, 0.05) is 28.9 Å². The molecule has 0 aliphatic rings. The molecule has 0 unspecified atom stereocenters. The fourth-order valence-corrected chi connectivity index (χ4v) is 2.85. The molecule has 0 saturated carbocycles. The number of hydrogen-bond donors (Lipinski definition) is 0. The number of fused-ring (bicyclic) bond motifs is 3. The van der Waals surface area contributed by atoms with E-state index in [4.69, 9.17) is 4.74 Å². The molecule has 3 heteroatoms. The first-order chi connectivity index (χ1) is 9.65. The minimum atomic E-state index is -0.250. The quantitative estimate of drug-likeness (QED) is 0.661. The number of esters is 1. The lowest BCUT2D eigenvalue weighted by molar-refractivity contribution is 0.0526. The second-order valence-corrected chi connectivity index (χ2v) is 4.93. The molecular formula is C17H17NO2. The molecule has 0 amide bonds. The van der Waals surface area contributed by atoms with Crippen molar-refractivity contribution in [1.82, 2.24) is 4.57 Å². The summed E-state index contributed by atoms with van der Waals surface area (Å²) in [6.07, 6.45) is 0. The number of rotatable bonds is 2. The summed E-state index contributed by atoms with van der Waals surface area (Å²) < 4.78 is 7.29. The van der Waals surface area contributed by atoms with Crippen molar-refractivity contribution in [2.75, 3.05) is 6.61 Å². The van der Waals surface area contributed by atoms with Crippen LogP contribution in [0.5, 0.6) is 0 Å². The van der Waals surface area contributed by atoms with E-state index in [1.165, 1.54) is 10.9 Å². The third kappa shape index (κ3) is 1.70. The van der Waals surface area contributed by atoms with Gasteiger partial charge in [0.1, 0.15) is 0 Å². The van der Waals surface area contributed by atoms with Crippen molar-refractivity contribution in [2.24, 2.45) is 7.05 Å². The van der Waals surface area contributed by atoms with Gasteiger partial charge in [-0.25, -0.2) is 4.79 Å². The van der Waals surface area contributed by atoms with Gasteiger partial charge in [0.2, 0.25) is 0 Å². The lowest BCUT2D eigenvalue weighted by Crippen LogP contribution is -2.06. The third-order valence-electron chi connectivity index (χ3n) is 3.83. The van der Waals surface area contributed by atoms with Gasteiger partial charge in [0.15, 0.2) is 0 Å². The summed E-state index contributed by atoms with van der Waals surface area (Å²) in [6.45, 7) is 4.20. The predicted molar refractivity (Wildman–Crippen MR) is 81.1 cm³/mol. The number of aryl methyl sites for hydroxylation is 2. The molecule has 3 nitrogen and oxygen atoms in total. The molecule has 0 bridgehead atoms. The van der Waals surface area contributed by atoms with E-state index in [0.29, 0.717) is 12.2 Å². The Morgan fingerprint density at radius 3 is 2.65 bits per heavy atom. The average Bonchev–Trinajstić information content (AvgIpc) is 2.74. The number of ether oxygens (including phenoxy) is 1. The molecule has 20 heavy (non-hydrogen) atoms.